The van der Waals surface area contributed by atoms with Gasteiger partial charge in [-0.1, -0.05) is 12.8 Å². The van der Waals surface area contributed by atoms with Gasteiger partial charge >= 0.3 is 0 Å². The van der Waals surface area contributed by atoms with Gasteiger partial charge in [-0.25, -0.2) is 4.98 Å². The summed E-state index contributed by atoms with van der Waals surface area (Å²) in [5, 5.41) is 9.89. The van der Waals surface area contributed by atoms with Crippen molar-refractivity contribution in [3.63, 3.8) is 0 Å². The largest absolute Gasteiger partial charge is 0.241 e. The van der Waals surface area contributed by atoms with Crippen molar-refractivity contribution in [2.75, 3.05) is 0 Å². The van der Waals surface area contributed by atoms with Gasteiger partial charge < -0.3 is 0 Å². The second-order valence-electron chi connectivity index (χ2n) is 4.76. The van der Waals surface area contributed by atoms with Gasteiger partial charge in [-0.15, -0.1) is 11.8 Å². The van der Waals surface area contributed by atoms with Crippen LogP contribution in [0.15, 0.2) is 4.90 Å². The number of aryl methyl sites for hydroxylation is 1. The second-order valence-corrected chi connectivity index (χ2v) is 6.07. The summed E-state index contributed by atoms with van der Waals surface area (Å²) in [6.07, 6.45) is 5.22. The fourth-order valence-electron chi connectivity index (χ4n) is 2.31. The van der Waals surface area contributed by atoms with E-state index < -0.39 is 0 Å². The summed E-state index contributed by atoms with van der Waals surface area (Å²) in [6.45, 7) is 6.19. The predicted molar refractivity (Wildman–Crippen MR) is 71.3 cm³/mol. The molecule has 90 valence electrons. The van der Waals surface area contributed by atoms with E-state index in [4.69, 9.17) is 0 Å². The molecule has 0 spiro atoms. The first kappa shape index (κ1) is 12.4. The summed E-state index contributed by atoms with van der Waals surface area (Å²) in [5.41, 5.74) is 4.06. The summed E-state index contributed by atoms with van der Waals surface area (Å²) >= 11 is 1.87. The van der Waals surface area contributed by atoms with Crippen LogP contribution in [-0.2, 0) is 0 Å². The lowest BCUT2D eigenvalue weighted by atomic mass is 10.1. The molecule has 17 heavy (non-hydrogen) atoms. The third-order valence-electron chi connectivity index (χ3n) is 3.63. The molecule has 1 aliphatic carbocycles. The Balaban J connectivity index is 2.37. The predicted octanol–water partition coefficient (Wildman–Crippen LogP) is 3.91. The number of hydrogen-bond donors (Lipinski definition) is 0. The number of aromatic nitrogens is 1. The zero-order chi connectivity index (χ0) is 12.4. The van der Waals surface area contributed by atoms with Gasteiger partial charge in [0.2, 0.25) is 0 Å². The van der Waals surface area contributed by atoms with Crippen LogP contribution in [0.1, 0.15) is 48.2 Å². The fraction of sp³-hybridized carbons (Fsp3) is 0.571. The first-order chi connectivity index (χ1) is 8.13. The van der Waals surface area contributed by atoms with E-state index >= 15 is 0 Å². The zero-order valence-electron chi connectivity index (χ0n) is 10.7. The van der Waals surface area contributed by atoms with Crippen molar-refractivity contribution in [3.8, 4) is 6.07 Å². The molecule has 1 heterocycles. The average molecular weight is 246 g/mol. The van der Waals surface area contributed by atoms with Crippen molar-refractivity contribution in [2.24, 2.45) is 0 Å². The van der Waals surface area contributed by atoms with Crippen LogP contribution in [0.4, 0.5) is 0 Å². The minimum absolute atomic E-state index is 0.613. The molecular weight excluding hydrogens is 228 g/mol. The number of rotatable bonds is 2. The zero-order valence-corrected chi connectivity index (χ0v) is 11.5. The maximum atomic E-state index is 9.21. The van der Waals surface area contributed by atoms with Gasteiger partial charge in [-0.3, -0.25) is 0 Å². The molecule has 3 heteroatoms. The van der Waals surface area contributed by atoms with Crippen molar-refractivity contribution in [1.29, 1.82) is 5.26 Å². The summed E-state index contributed by atoms with van der Waals surface area (Å²) < 4.78 is 0. The molecule has 0 aromatic carbocycles. The lowest BCUT2D eigenvalue weighted by molar-refractivity contribution is 0.886. The van der Waals surface area contributed by atoms with Crippen molar-refractivity contribution < 1.29 is 0 Å². The van der Waals surface area contributed by atoms with Crippen LogP contribution in [0.2, 0.25) is 0 Å². The molecule has 1 aliphatic rings. The summed E-state index contributed by atoms with van der Waals surface area (Å²) in [5.74, 6) is 0. The van der Waals surface area contributed by atoms with Crippen LogP contribution < -0.4 is 0 Å². The Hall–Kier alpha value is -1.01. The van der Waals surface area contributed by atoms with Gasteiger partial charge in [0.15, 0.2) is 5.69 Å². The minimum atomic E-state index is 0.613. The first-order valence-corrected chi connectivity index (χ1v) is 7.06. The highest BCUT2D eigenvalue weighted by molar-refractivity contribution is 8.00. The standard InChI is InChI=1S/C14H18N2S/c1-9-10(2)14(13(8-15)16-11(9)3)17-12-6-4-5-7-12/h12H,4-7H2,1-3H3. The van der Waals surface area contributed by atoms with E-state index in [1.165, 1.54) is 36.8 Å². The van der Waals surface area contributed by atoms with E-state index in [0.29, 0.717) is 10.9 Å². The second kappa shape index (κ2) is 5.10. The van der Waals surface area contributed by atoms with E-state index in [2.05, 4.69) is 24.9 Å². The molecule has 1 aromatic heterocycles. The quantitative estimate of drug-likeness (QED) is 0.793. The molecule has 0 aliphatic heterocycles. The van der Waals surface area contributed by atoms with Gasteiger partial charge in [-0.2, -0.15) is 5.26 Å². The Morgan fingerprint density at radius 1 is 1.18 bits per heavy atom. The van der Waals surface area contributed by atoms with Crippen LogP contribution in [0.3, 0.4) is 0 Å². The molecule has 0 bridgehead atoms. The van der Waals surface area contributed by atoms with Crippen LogP contribution in [0.5, 0.6) is 0 Å². The Bertz CT molecular complexity index is 468. The van der Waals surface area contributed by atoms with Crippen LogP contribution in [0.25, 0.3) is 0 Å². The molecule has 2 rings (SSSR count). The van der Waals surface area contributed by atoms with Crippen molar-refractivity contribution in [3.05, 3.63) is 22.5 Å². The third kappa shape index (κ3) is 2.47. The molecule has 1 fully saturated rings. The molecular formula is C14H18N2S. The first-order valence-electron chi connectivity index (χ1n) is 6.18. The summed E-state index contributed by atoms with van der Waals surface area (Å²) in [4.78, 5) is 5.53. The topological polar surface area (TPSA) is 36.7 Å². The minimum Gasteiger partial charge on any atom is -0.241 e. The van der Waals surface area contributed by atoms with Crippen LogP contribution in [0, 0.1) is 32.1 Å². The molecule has 0 radical (unpaired) electrons. The highest BCUT2D eigenvalue weighted by Gasteiger charge is 2.20. The van der Waals surface area contributed by atoms with Crippen molar-refractivity contribution >= 4 is 11.8 Å². The van der Waals surface area contributed by atoms with E-state index in [-0.39, 0.29) is 0 Å². The van der Waals surface area contributed by atoms with Gasteiger partial charge in [0.05, 0.1) is 0 Å². The number of pyridine rings is 1. The molecule has 1 saturated carbocycles. The fourth-order valence-corrected chi connectivity index (χ4v) is 3.75. The van der Waals surface area contributed by atoms with E-state index in [9.17, 15) is 5.26 Å². The third-order valence-corrected chi connectivity index (χ3v) is 5.17. The molecule has 0 N–H and O–H groups in total. The van der Waals surface area contributed by atoms with Crippen LogP contribution in [-0.4, -0.2) is 10.2 Å². The molecule has 0 unspecified atom stereocenters. The Labute approximate surface area is 107 Å². The monoisotopic (exact) mass is 246 g/mol. The summed E-state index contributed by atoms with van der Waals surface area (Å²) in [7, 11) is 0. The van der Waals surface area contributed by atoms with Crippen molar-refractivity contribution in [1.82, 2.24) is 4.98 Å². The van der Waals surface area contributed by atoms with E-state index in [1.807, 2.05) is 18.7 Å². The summed E-state index contributed by atoms with van der Waals surface area (Å²) in [6, 6.07) is 2.25. The normalized spacial score (nSPS) is 16.1. The number of nitriles is 1. The van der Waals surface area contributed by atoms with E-state index in [0.717, 1.165) is 10.6 Å². The number of nitrogens with zero attached hydrogens (tertiary/aromatic N) is 2. The lowest BCUT2D eigenvalue weighted by Gasteiger charge is -2.15. The molecule has 0 saturated heterocycles. The SMILES string of the molecule is Cc1nc(C#N)c(SC2CCCC2)c(C)c1C. The van der Waals surface area contributed by atoms with Gasteiger partial charge in [0.1, 0.15) is 6.07 Å². The van der Waals surface area contributed by atoms with Crippen LogP contribution >= 0.6 is 11.8 Å². The molecule has 0 amide bonds. The Kier molecular flexibility index (Phi) is 3.73. The highest BCUT2D eigenvalue weighted by Crippen LogP contribution is 2.38. The average Bonchev–Trinajstić information content (AvgIpc) is 2.82. The molecule has 0 atom stereocenters. The van der Waals surface area contributed by atoms with Gasteiger partial charge in [-0.05, 0) is 44.7 Å². The smallest absolute Gasteiger partial charge is 0.154 e. The maximum absolute atomic E-state index is 9.21. The molecule has 2 nitrogen and oxygen atoms in total. The highest BCUT2D eigenvalue weighted by atomic mass is 32.2. The van der Waals surface area contributed by atoms with Gasteiger partial charge in [0.25, 0.3) is 0 Å². The Morgan fingerprint density at radius 3 is 2.41 bits per heavy atom. The maximum Gasteiger partial charge on any atom is 0.154 e. The lowest BCUT2D eigenvalue weighted by Crippen LogP contribution is -2.02. The Morgan fingerprint density at radius 2 is 1.82 bits per heavy atom. The number of thioether (sulfide) groups is 1. The van der Waals surface area contributed by atoms with Crippen molar-refractivity contribution in [2.45, 2.75) is 56.6 Å². The number of hydrogen-bond acceptors (Lipinski definition) is 3. The molecule has 1 aromatic rings. The van der Waals surface area contributed by atoms with E-state index in [1.54, 1.807) is 0 Å². The van der Waals surface area contributed by atoms with Gasteiger partial charge in [0, 0.05) is 15.8 Å².